The van der Waals surface area contributed by atoms with Crippen LogP contribution < -0.4 is 0 Å². The lowest BCUT2D eigenvalue weighted by Crippen LogP contribution is -1.31. The van der Waals surface area contributed by atoms with Gasteiger partial charge in [0.05, 0.1) is 0 Å². The SMILES string of the molecule is C=[PH](C)P(P)P. The highest BCUT2D eigenvalue weighted by Gasteiger charge is 1.85. The Balaban J connectivity index is 3.26. The monoisotopic (exact) mass is 158 g/mol. The summed E-state index contributed by atoms with van der Waals surface area (Å²) < 4.78 is 0. The molecule has 0 aliphatic carbocycles. The summed E-state index contributed by atoms with van der Waals surface area (Å²) in [5, 5.41) is 0. The predicted octanol–water partition coefficient (Wildman–Crippen LogP) is 2.24. The van der Waals surface area contributed by atoms with E-state index < -0.39 is 0 Å². The second kappa shape index (κ2) is 3.57. The lowest BCUT2D eigenvalue weighted by atomic mass is 11.9. The Hall–Kier alpha value is 1.59. The van der Waals surface area contributed by atoms with Crippen LogP contribution in [0.5, 0.6) is 0 Å². The summed E-state index contributed by atoms with van der Waals surface area (Å²) in [6.45, 7) is 2.38. The Morgan fingerprint density at radius 3 is 1.83 bits per heavy atom. The topological polar surface area (TPSA) is 0 Å². The summed E-state index contributed by atoms with van der Waals surface area (Å²) in [5.41, 5.74) is 0. The minimum Gasteiger partial charge on any atom is -0.103 e. The third-order valence-electron chi connectivity index (χ3n) is 0.441. The van der Waals surface area contributed by atoms with Crippen LogP contribution in [0.3, 0.4) is 0 Å². The Labute approximate surface area is 45.7 Å². The second-order valence-corrected chi connectivity index (χ2v) is 15.5. The zero-order valence-electron chi connectivity index (χ0n) is 3.81. The van der Waals surface area contributed by atoms with Crippen LogP contribution >= 0.6 is 32.1 Å². The molecule has 3 atom stereocenters. The van der Waals surface area contributed by atoms with Crippen molar-refractivity contribution in [2.24, 2.45) is 0 Å². The molecule has 0 fully saturated rings. The van der Waals surface area contributed by atoms with E-state index in [-0.39, 0.29) is 14.2 Å². The van der Waals surface area contributed by atoms with Gasteiger partial charge in [-0.3, -0.25) is 0 Å². The van der Waals surface area contributed by atoms with Crippen LogP contribution in [0.2, 0.25) is 0 Å². The van der Waals surface area contributed by atoms with Crippen LogP contribution in [0.4, 0.5) is 0 Å². The first kappa shape index (κ1) is 7.59. The molecule has 0 radical (unpaired) electrons. The molecule has 0 N–H and O–H groups in total. The zero-order valence-corrected chi connectivity index (χ0v) is 8.01. The summed E-state index contributed by atoms with van der Waals surface area (Å²) in [5.74, 6) is 0. The van der Waals surface area contributed by atoms with Gasteiger partial charge in [0.1, 0.15) is 0 Å². The van der Waals surface area contributed by atoms with Crippen LogP contribution in [-0.2, 0) is 0 Å². The fourth-order valence-corrected chi connectivity index (χ4v) is 0. The molecule has 0 aliphatic heterocycles. The summed E-state index contributed by atoms with van der Waals surface area (Å²) >= 11 is 0. The van der Waals surface area contributed by atoms with Crippen molar-refractivity contribution in [2.75, 3.05) is 6.66 Å². The van der Waals surface area contributed by atoms with Crippen molar-refractivity contribution < 1.29 is 0 Å². The fourth-order valence-electron chi connectivity index (χ4n) is 0. The predicted molar refractivity (Wildman–Crippen MR) is 47.7 cm³/mol. The van der Waals surface area contributed by atoms with Crippen LogP contribution in [-0.4, -0.2) is 13.0 Å². The zero-order chi connectivity index (χ0) is 5.15. The molecule has 0 spiro atoms. The normalized spacial score (nSPS) is 15.3. The van der Waals surface area contributed by atoms with Gasteiger partial charge in [-0.05, 0) is 13.7 Å². The van der Waals surface area contributed by atoms with E-state index in [1.165, 1.54) is 0 Å². The summed E-state index contributed by atoms with van der Waals surface area (Å²) in [4.78, 5) is 0. The van der Waals surface area contributed by atoms with Crippen molar-refractivity contribution in [3.05, 3.63) is 0 Å². The highest BCUT2D eigenvalue weighted by molar-refractivity contribution is 8.71. The van der Waals surface area contributed by atoms with Crippen molar-refractivity contribution in [1.29, 1.82) is 0 Å². The summed E-state index contributed by atoms with van der Waals surface area (Å²) in [6.07, 6.45) is 3.93. The molecule has 0 saturated carbocycles. The Kier molecular flexibility index (Phi) is 4.52. The highest BCUT2D eigenvalue weighted by Crippen LogP contribution is 2.70. The van der Waals surface area contributed by atoms with E-state index in [1.54, 1.807) is 0 Å². The maximum atomic E-state index is 3.93. The molecule has 0 nitrogen and oxygen atoms in total. The van der Waals surface area contributed by atoms with E-state index in [4.69, 9.17) is 0 Å². The molecular formula is C2H10P4. The summed E-state index contributed by atoms with van der Waals surface area (Å²) in [7, 11) is 5.36. The van der Waals surface area contributed by atoms with Crippen LogP contribution in [0, 0.1) is 0 Å². The van der Waals surface area contributed by atoms with Gasteiger partial charge in [0.2, 0.25) is 0 Å². The van der Waals surface area contributed by atoms with Gasteiger partial charge in [-0.25, -0.2) is 0 Å². The van der Waals surface area contributed by atoms with E-state index >= 15 is 0 Å². The van der Waals surface area contributed by atoms with Gasteiger partial charge >= 0.3 is 0 Å². The van der Waals surface area contributed by atoms with Crippen LogP contribution in [0.15, 0.2) is 0 Å². The Morgan fingerprint density at radius 2 is 1.83 bits per heavy atom. The van der Waals surface area contributed by atoms with Gasteiger partial charge in [0.15, 0.2) is 0 Å². The molecular weight excluding hydrogens is 148 g/mol. The van der Waals surface area contributed by atoms with E-state index in [1.807, 2.05) is 0 Å². The first-order valence-electron chi connectivity index (χ1n) is 1.59. The average molecular weight is 158 g/mol. The van der Waals surface area contributed by atoms with Gasteiger partial charge in [0, 0.05) is 0 Å². The standard InChI is InChI=1S/C2H10P4/c1-5(2)6(3)4/h5H,1,3-4H2,2H3. The van der Waals surface area contributed by atoms with E-state index in [0.29, 0.717) is 0 Å². The first-order valence-corrected chi connectivity index (χ1v) is 9.22. The van der Waals surface area contributed by atoms with Crippen molar-refractivity contribution in [3.8, 4) is 0 Å². The van der Waals surface area contributed by atoms with Gasteiger partial charge in [0.25, 0.3) is 0 Å². The molecule has 4 heteroatoms. The van der Waals surface area contributed by atoms with Gasteiger partial charge in [-0.1, -0.05) is 13.5 Å². The molecule has 0 aromatic heterocycles. The molecule has 0 saturated heterocycles. The molecule has 0 heterocycles. The Morgan fingerprint density at radius 1 is 1.67 bits per heavy atom. The number of hydrogen-bond donors (Lipinski definition) is 0. The number of hydrogen-bond acceptors (Lipinski definition) is 0. The van der Waals surface area contributed by atoms with Gasteiger partial charge in [-0.15, -0.1) is 17.9 Å². The molecule has 0 amide bonds. The fraction of sp³-hybridized carbons (Fsp3) is 0.500. The smallest absolute Gasteiger partial charge is 0.0434 e. The Bertz CT molecular complexity index is 56.6. The average Bonchev–Trinajstić information content (AvgIpc) is 1.36. The van der Waals surface area contributed by atoms with Gasteiger partial charge in [-0.2, -0.15) is 0 Å². The molecule has 38 valence electrons. The molecule has 0 aliphatic rings. The molecule has 6 heavy (non-hydrogen) atoms. The van der Waals surface area contributed by atoms with E-state index in [2.05, 4.69) is 30.8 Å². The second-order valence-electron chi connectivity index (χ2n) is 1.14. The maximum absolute atomic E-state index is 3.93. The largest absolute Gasteiger partial charge is 0.103 e. The molecule has 0 bridgehead atoms. The highest BCUT2D eigenvalue weighted by atomic mass is 32.7. The van der Waals surface area contributed by atoms with E-state index in [9.17, 15) is 0 Å². The van der Waals surface area contributed by atoms with E-state index in [0.717, 1.165) is 0 Å². The van der Waals surface area contributed by atoms with Crippen molar-refractivity contribution in [3.63, 3.8) is 0 Å². The van der Waals surface area contributed by atoms with Crippen molar-refractivity contribution >= 4 is 38.4 Å². The lowest BCUT2D eigenvalue weighted by molar-refractivity contribution is 2.50. The molecule has 3 unspecified atom stereocenters. The van der Waals surface area contributed by atoms with Gasteiger partial charge < -0.3 is 0 Å². The minimum atomic E-state index is -0.211. The molecule has 0 aromatic rings. The minimum absolute atomic E-state index is 0.165. The third kappa shape index (κ3) is 3.77. The van der Waals surface area contributed by atoms with Crippen LogP contribution in [0.25, 0.3) is 0 Å². The van der Waals surface area contributed by atoms with Crippen molar-refractivity contribution in [2.45, 2.75) is 0 Å². The van der Waals surface area contributed by atoms with Crippen LogP contribution in [0.1, 0.15) is 0 Å². The third-order valence-corrected chi connectivity index (χ3v) is 11.9. The first-order chi connectivity index (χ1) is 2.64. The summed E-state index contributed by atoms with van der Waals surface area (Å²) in [6, 6.07) is 0. The quantitative estimate of drug-likeness (QED) is 0.513. The van der Waals surface area contributed by atoms with Crippen molar-refractivity contribution in [1.82, 2.24) is 0 Å². The maximum Gasteiger partial charge on any atom is -0.0434 e. The molecule has 0 aromatic carbocycles. The number of rotatable bonds is 1. The lowest BCUT2D eigenvalue weighted by Gasteiger charge is -1.99. The molecule has 0 rings (SSSR count).